The van der Waals surface area contributed by atoms with Gasteiger partial charge in [0.15, 0.2) is 6.29 Å². The van der Waals surface area contributed by atoms with Crippen LogP contribution in [0.25, 0.3) is 0 Å². The van der Waals surface area contributed by atoms with Gasteiger partial charge in [-0.05, 0) is 18.6 Å². The van der Waals surface area contributed by atoms with Gasteiger partial charge in [0.05, 0.1) is 31.0 Å². The number of nitrogens with zero attached hydrogens (tertiary/aromatic N) is 1. The molecule has 1 N–H and O–H groups in total. The summed E-state index contributed by atoms with van der Waals surface area (Å²) < 4.78 is 15.6. The molecule has 9 heteroatoms. The van der Waals surface area contributed by atoms with Gasteiger partial charge in [0.2, 0.25) is 5.75 Å². The van der Waals surface area contributed by atoms with Crippen LogP contribution in [0.4, 0.5) is 5.69 Å². The molecule has 9 nitrogen and oxygen atoms in total. The standard InChI is InChI=1S/C14H15NO8/c16-12(17)4-5-13(18)23-11-3-2-9(8-10(11)15(19)20)14-21-6-1-7-22-14/h2-3,8,14H,1,4-7H2,(H,16,17). The van der Waals surface area contributed by atoms with E-state index in [1.54, 1.807) is 0 Å². The number of benzene rings is 1. The quantitative estimate of drug-likeness (QED) is 0.363. The first kappa shape index (κ1) is 16.8. The first-order valence-electron chi connectivity index (χ1n) is 6.91. The Labute approximate surface area is 130 Å². The highest BCUT2D eigenvalue weighted by Crippen LogP contribution is 2.33. The summed E-state index contributed by atoms with van der Waals surface area (Å²) in [5.74, 6) is -2.25. The van der Waals surface area contributed by atoms with Gasteiger partial charge in [0, 0.05) is 11.6 Å². The summed E-state index contributed by atoms with van der Waals surface area (Å²) in [4.78, 5) is 32.4. The number of carboxylic acids is 1. The molecule has 0 spiro atoms. The number of ether oxygens (including phenoxy) is 3. The van der Waals surface area contributed by atoms with Gasteiger partial charge in [0.1, 0.15) is 0 Å². The van der Waals surface area contributed by atoms with Crippen molar-refractivity contribution in [3.05, 3.63) is 33.9 Å². The number of carbonyl (C=O) groups excluding carboxylic acids is 1. The number of esters is 1. The van der Waals surface area contributed by atoms with E-state index in [1.807, 2.05) is 0 Å². The fourth-order valence-corrected chi connectivity index (χ4v) is 1.97. The van der Waals surface area contributed by atoms with Gasteiger partial charge in [-0.1, -0.05) is 0 Å². The van der Waals surface area contributed by atoms with Crippen molar-refractivity contribution in [3.8, 4) is 5.75 Å². The summed E-state index contributed by atoms with van der Waals surface area (Å²) in [6.45, 7) is 0.981. The molecule has 0 atom stereocenters. The molecule has 1 aliphatic heterocycles. The Kier molecular flexibility index (Phi) is 5.61. The van der Waals surface area contributed by atoms with Crippen molar-refractivity contribution in [2.24, 2.45) is 0 Å². The number of aliphatic carboxylic acids is 1. The van der Waals surface area contributed by atoms with Crippen LogP contribution in [0.1, 0.15) is 31.1 Å². The zero-order valence-electron chi connectivity index (χ0n) is 12.1. The second-order valence-corrected chi connectivity index (χ2v) is 4.78. The molecule has 1 heterocycles. The summed E-state index contributed by atoms with van der Waals surface area (Å²) in [5, 5.41) is 19.7. The molecule has 0 unspecified atom stereocenters. The third kappa shape index (κ3) is 4.73. The van der Waals surface area contributed by atoms with E-state index in [9.17, 15) is 19.7 Å². The summed E-state index contributed by atoms with van der Waals surface area (Å²) in [6, 6.07) is 3.99. The molecule has 124 valence electrons. The molecule has 0 bridgehead atoms. The minimum absolute atomic E-state index is 0.245. The number of hydrogen-bond donors (Lipinski definition) is 1. The smallest absolute Gasteiger partial charge is 0.312 e. The lowest BCUT2D eigenvalue weighted by molar-refractivity contribution is -0.385. The van der Waals surface area contributed by atoms with Crippen LogP contribution in [-0.4, -0.2) is 35.2 Å². The molecule has 0 radical (unpaired) electrons. The normalized spacial score (nSPS) is 15.1. The van der Waals surface area contributed by atoms with Crippen LogP contribution >= 0.6 is 0 Å². The first-order chi connectivity index (χ1) is 11.0. The fourth-order valence-electron chi connectivity index (χ4n) is 1.97. The maximum absolute atomic E-state index is 11.5. The van der Waals surface area contributed by atoms with E-state index in [0.717, 1.165) is 6.42 Å². The first-order valence-corrected chi connectivity index (χ1v) is 6.91. The van der Waals surface area contributed by atoms with Crippen molar-refractivity contribution in [3.63, 3.8) is 0 Å². The fraction of sp³-hybridized carbons (Fsp3) is 0.429. The van der Waals surface area contributed by atoms with Crippen LogP contribution in [0.15, 0.2) is 18.2 Å². The van der Waals surface area contributed by atoms with Gasteiger partial charge in [-0.25, -0.2) is 0 Å². The number of nitro benzene ring substituents is 1. The Balaban J connectivity index is 2.14. The van der Waals surface area contributed by atoms with Crippen LogP contribution < -0.4 is 4.74 Å². The molecule has 1 aliphatic rings. The van der Waals surface area contributed by atoms with E-state index in [-0.39, 0.29) is 12.2 Å². The largest absolute Gasteiger partial charge is 0.481 e. The van der Waals surface area contributed by atoms with Gasteiger partial charge in [-0.3, -0.25) is 19.7 Å². The third-order valence-corrected chi connectivity index (χ3v) is 3.05. The highest BCUT2D eigenvalue weighted by Gasteiger charge is 2.24. The number of rotatable bonds is 6. The van der Waals surface area contributed by atoms with E-state index >= 15 is 0 Å². The van der Waals surface area contributed by atoms with Crippen LogP contribution in [-0.2, 0) is 19.1 Å². The van der Waals surface area contributed by atoms with Crippen LogP contribution in [0.3, 0.4) is 0 Å². The molecule has 1 fully saturated rings. The van der Waals surface area contributed by atoms with Crippen molar-refractivity contribution in [2.75, 3.05) is 13.2 Å². The third-order valence-electron chi connectivity index (χ3n) is 3.05. The Morgan fingerprint density at radius 1 is 1.30 bits per heavy atom. The van der Waals surface area contributed by atoms with Gasteiger partial charge in [0.25, 0.3) is 0 Å². The van der Waals surface area contributed by atoms with Crippen molar-refractivity contribution >= 4 is 17.6 Å². The van der Waals surface area contributed by atoms with Gasteiger partial charge in [-0.2, -0.15) is 0 Å². The average molecular weight is 325 g/mol. The summed E-state index contributed by atoms with van der Waals surface area (Å²) in [6.07, 6.45) is -0.727. The molecule has 0 aromatic heterocycles. The van der Waals surface area contributed by atoms with E-state index < -0.39 is 35.3 Å². The second-order valence-electron chi connectivity index (χ2n) is 4.78. The number of carbonyl (C=O) groups is 2. The molecule has 0 aliphatic carbocycles. The number of hydrogen-bond acceptors (Lipinski definition) is 7. The molecule has 0 saturated carbocycles. The lowest BCUT2D eigenvalue weighted by atomic mass is 10.1. The maximum Gasteiger partial charge on any atom is 0.312 e. The molecule has 1 saturated heterocycles. The highest BCUT2D eigenvalue weighted by molar-refractivity contribution is 5.78. The topological polar surface area (TPSA) is 125 Å². The summed E-state index contributed by atoms with van der Waals surface area (Å²) in [5.41, 5.74) is 0.0330. The van der Waals surface area contributed by atoms with Gasteiger partial charge < -0.3 is 19.3 Å². The van der Waals surface area contributed by atoms with Crippen LogP contribution in [0.2, 0.25) is 0 Å². The van der Waals surface area contributed by atoms with E-state index in [4.69, 9.17) is 19.3 Å². The van der Waals surface area contributed by atoms with E-state index in [0.29, 0.717) is 18.8 Å². The van der Waals surface area contributed by atoms with Crippen molar-refractivity contribution in [1.29, 1.82) is 0 Å². The minimum atomic E-state index is -1.15. The Hall–Kier alpha value is -2.52. The average Bonchev–Trinajstić information content (AvgIpc) is 2.54. The molecule has 0 amide bonds. The lowest BCUT2D eigenvalue weighted by Crippen LogP contribution is -2.18. The molecular formula is C14H15NO8. The van der Waals surface area contributed by atoms with Gasteiger partial charge in [-0.15, -0.1) is 0 Å². The predicted molar refractivity (Wildman–Crippen MR) is 74.9 cm³/mol. The zero-order valence-corrected chi connectivity index (χ0v) is 12.1. The summed E-state index contributed by atoms with van der Waals surface area (Å²) >= 11 is 0. The van der Waals surface area contributed by atoms with Crippen LogP contribution in [0.5, 0.6) is 5.75 Å². The van der Waals surface area contributed by atoms with Crippen molar-refractivity contribution < 1.29 is 33.8 Å². The van der Waals surface area contributed by atoms with E-state index in [1.165, 1.54) is 18.2 Å². The monoisotopic (exact) mass is 325 g/mol. The molecule has 1 aromatic rings. The number of carboxylic acid groups (broad SMARTS) is 1. The van der Waals surface area contributed by atoms with Crippen molar-refractivity contribution in [1.82, 2.24) is 0 Å². The molecule has 2 rings (SSSR count). The van der Waals surface area contributed by atoms with Crippen LogP contribution in [0, 0.1) is 10.1 Å². The Morgan fingerprint density at radius 3 is 2.61 bits per heavy atom. The SMILES string of the molecule is O=C(O)CCC(=O)Oc1ccc(C2OCCCO2)cc1[N+](=O)[O-]. The maximum atomic E-state index is 11.5. The predicted octanol–water partition coefficient (Wildman–Crippen LogP) is 1.80. The molecule has 1 aromatic carbocycles. The van der Waals surface area contributed by atoms with Crippen molar-refractivity contribution in [2.45, 2.75) is 25.6 Å². The summed E-state index contributed by atoms with van der Waals surface area (Å²) in [7, 11) is 0. The van der Waals surface area contributed by atoms with E-state index in [2.05, 4.69) is 0 Å². The lowest BCUT2D eigenvalue weighted by Gasteiger charge is -2.23. The minimum Gasteiger partial charge on any atom is -0.481 e. The molecule has 23 heavy (non-hydrogen) atoms. The Bertz CT molecular complexity index is 609. The highest BCUT2D eigenvalue weighted by atomic mass is 16.7. The molecular weight excluding hydrogens is 310 g/mol. The second kappa shape index (κ2) is 7.65. The van der Waals surface area contributed by atoms with Gasteiger partial charge >= 0.3 is 17.6 Å². The zero-order chi connectivity index (χ0) is 16.8. The Morgan fingerprint density at radius 2 is 2.00 bits per heavy atom. The number of nitro groups is 1.